The fourth-order valence-corrected chi connectivity index (χ4v) is 2.78. The van der Waals surface area contributed by atoms with Gasteiger partial charge in [0.15, 0.2) is 5.84 Å². The lowest BCUT2D eigenvalue weighted by Crippen LogP contribution is -2.33. The van der Waals surface area contributed by atoms with E-state index in [2.05, 4.69) is 30.5 Å². The van der Waals surface area contributed by atoms with Crippen LogP contribution in [0.4, 0.5) is 5.69 Å². The molecule has 5 N–H and O–H groups in total. The van der Waals surface area contributed by atoms with E-state index in [1.54, 1.807) is 12.1 Å². The molecule has 9 heteroatoms. The van der Waals surface area contributed by atoms with Crippen LogP contribution in [0.1, 0.15) is 19.4 Å². The van der Waals surface area contributed by atoms with E-state index >= 15 is 0 Å². The zero-order valence-corrected chi connectivity index (χ0v) is 13.5. The number of amidine groups is 1. The van der Waals surface area contributed by atoms with Crippen LogP contribution in [0, 0.1) is 5.92 Å². The van der Waals surface area contributed by atoms with Gasteiger partial charge < -0.3 is 10.9 Å². The van der Waals surface area contributed by atoms with E-state index in [-0.39, 0.29) is 23.0 Å². The summed E-state index contributed by atoms with van der Waals surface area (Å²) >= 11 is 3.24. The number of hydrogen-bond donors (Lipinski definition) is 4. The number of nitrogens with two attached hydrogens (primary N) is 1. The molecule has 0 fully saturated rings. The third kappa shape index (κ3) is 4.99. The van der Waals surface area contributed by atoms with Crippen molar-refractivity contribution in [2.75, 3.05) is 11.3 Å². The summed E-state index contributed by atoms with van der Waals surface area (Å²) in [5, 5.41) is 11.6. The molecule has 1 rings (SSSR count). The average molecular weight is 365 g/mol. The smallest absolute Gasteiger partial charge is 0.299 e. The molecular formula is C11H17BrN4O3S. The van der Waals surface area contributed by atoms with E-state index < -0.39 is 10.2 Å². The summed E-state index contributed by atoms with van der Waals surface area (Å²) in [5.41, 5.74) is 6.03. The minimum atomic E-state index is -3.71. The Balaban J connectivity index is 3.03. The van der Waals surface area contributed by atoms with Crippen molar-refractivity contribution < 1.29 is 13.6 Å². The van der Waals surface area contributed by atoms with Crippen LogP contribution in [-0.2, 0) is 10.2 Å². The maximum absolute atomic E-state index is 11.9. The number of hydrogen-bond acceptors (Lipinski definition) is 4. The topological polar surface area (TPSA) is 117 Å². The van der Waals surface area contributed by atoms with E-state index in [1.807, 2.05) is 13.8 Å². The van der Waals surface area contributed by atoms with E-state index in [0.717, 1.165) is 0 Å². The van der Waals surface area contributed by atoms with E-state index in [0.29, 0.717) is 11.0 Å². The van der Waals surface area contributed by atoms with Gasteiger partial charge in [0.05, 0.1) is 5.69 Å². The Hall–Kier alpha value is -1.32. The van der Waals surface area contributed by atoms with E-state index in [9.17, 15) is 8.42 Å². The molecule has 0 atom stereocenters. The molecule has 0 saturated carbocycles. The van der Waals surface area contributed by atoms with Gasteiger partial charge in [-0.2, -0.15) is 13.1 Å². The van der Waals surface area contributed by atoms with Gasteiger partial charge in [-0.3, -0.25) is 4.72 Å². The zero-order valence-electron chi connectivity index (χ0n) is 11.1. The first kappa shape index (κ1) is 16.7. The minimum Gasteiger partial charge on any atom is -0.409 e. The summed E-state index contributed by atoms with van der Waals surface area (Å²) < 4.78 is 29.2. The molecule has 1 aromatic rings. The Morgan fingerprint density at radius 3 is 2.70 bits per heavy atom. The lowest BCUT2D eigenvalue weighted by molar-refractivity contribution is 0.318. The van der Waals surface area contributed by atoms with Gasteiger partial charge in [-0.05, 0) is 24.1 Å². The molecule has 0 aliphatic rings. The van der Waals surface area contributed by atoms with E-state index in [4.69, 9.17) is 10.9 Å². The highest BCUT2D eigenvalue weighted by atomic mass is 79.9. The highest BCUT2D eigenvalue weighted by Gasteiger charge is 2.15. The van der Waals surface area contributed by atoms with Crippen LogP contribution in [0.2, 0.25) is 0 Å². The Morgan fingerprint density at radius 1 is 1.50 bits per heavy atom. The van der Waals surface area contributed by atoms with E-state index in [1.165, 1.54) is 6.07 Å². The second kappa shape index (κ2) is 6.91. The van der Waals surface area contributed by atoms with Gasteiger partial charge in [0, 0.05) is 16.6 Å². The SMILES string of the molecule is CC(C)CNS(=O)(=O)Nc1ccc(Br)cc1/C(N)=N/O. The van der Waals surface area contributed by atoms with Gasteiger partial charge >= 0.3 is 0 Å². The Kier molecular flexibility index (Phi) is 5.78. The molecule has 0 aromatic heterocycles. The normalized spacial score (nSPS) is 12.7. The predicted octanol–water partition coefficient (Wildman–Crippen LogP) is 1.45. The number of nitrogens with one attached hydrogen (secondary N) is 2. The first-order valence-electron chi connectivity index (χ1n) is 5.80. The van der Waals surface area contributed by atoms with Crippen LogP contribution >= 0.6 is 15.9 Å². The van der Waals surface area contributed by atoms with Gasteiger partial charge in [0.25, 0.3) is 10.2 Å². The van der Waals surface area contributed by atoms with Crippen molar-refractivity contribution in [3.63, 3.8) is 0 Å². The Labute approximate surface area is 126 Å². The van der Waals surface area contributed by atoms with Crippen LogP contribution in [-0.4, -0.2) is 26.0 Å². The van der Waals surface area contributed by atoms with Crippen LogP contribution in [0.15, 0.2) is 27.8 Å². The molecule has 0 aliphatic carbocycles. The van der Waals surface area contributed by atoms with Gasteiger partial charge in [-0.25, -0.2) is 0 Å². The molecule has 1 aromatic carbocycles. The second-order valence-electron chi connectivity index (χ2n) is 4.52. The van der Waals surface area contributed by atoms with Crippen LogP contribution in [0.5, 0.6) is 0 Å². The summed E-state index contributed by atoms with van der Waals surface area (Å²) in [4.78, 5) is 0. The maximum atomic E-state index is 11.9. The Morgan fingerprint density at radius 2 is 2.15 bits per heavy atom. The highest BCUT2D eigenvalue weighted by Crippen LogP contribution is 2.21. The highest BCUT2D eigenvalue weighted by molar-refractivity contribution is 9.10. The molecular weight excluding hydrogens is 348 g/mol. The number of anilines is 1. The third-order valence-corrected chi connectivity index (χ3v) is 3.82. The fourth-order valence-electron chi connectivity index (χ4n) is 1.33. The first-order chi connectivity index (χ1) is 9.25. The molecule has 0 spiro atoms. The van der Waals surface area contributed by atoms with Crippen molar-refractivity contribution in [1.29, 1.82) is 0 Å². The number of oxime groups is 1. The fraction of sp³-hybridized carbons (Fsp3) is 0.364. The molecule has 0 saturated heterocycles. The third-order valence-electron chi connectivity index (χ3n) is 2.29. The first-order valence-corrected chi connectivity index (χ1v) is 8.07. The molecule has 7 nitrogen and oxygen atoms in total. The standard InChI is InChI=1S/C11H17BrN4O3S/c1-7(2)6-14-20(18,19)16-10-4-3-8(12)5-9(10)11(13)15-17/h3-5,7,14,16-17H,6H2,1-2H3,(H2,13,15). The lowest BCUT2D eigenvalue weighted by Gasteiger charge is -2.13. The van der Waals surface area contributed by atoms with Crippen molar-refractivity contribution in [3.05, 3.63) is 28.2 Å². The van der Waals surface area contributed by atoms with Crippen molar-refractivity contribution in [2.45, 2.75) is 13.8 Å². The lowest BCUT2D eigenvalue weighted by atomic mass is 10.2. The van der Waals surface area contributed by atoms with Crippen molar-refractivity contribution in [2.24, 2.45) is 16.8 Å². The molecule has 0 bridgehead atoms. The monoisotopic (exact) mass is 364 g/mol. The molecule has 0 radical (unpaired) electrons. The largest absolute Gasteiger partial charge is 0.409 e. The number of rotatable bonds is 6. The molecule has 0 amide bonds. The van der Waals surface area contributed by atoms with Crippen molar-refractivity contribution in [1.82, 2.24) is 4.72 Å². The van der Waals surface area contributed by atoms with Crippen LogP contribution in [0.3, 0.4) is 0 Å². The molecule has 112 valence electrons. The Bertz CT molecular complexity index is 602. The number of nitrogens with zero attached hydrogens (tertiary/aromatic N) is 1. The maximum Gasteiger partial charge on any atom is 0.299 e. The van der Waals surface area contributed by atoms with Crippen LogP contribution in [0.25, 0.3) is 0 Å². The summed E-state index contributed by atoms with van der Waals surface area (Å²) in [7, 11) is -3.71. The number of halogens is 1. The van der Waals surface area contributed by atoms with Gasteiger partial charge in [0.2, 0.25) is 0 Å². The minimum absolute atomic E-state index is 0.181. The second-order valence-corrected chi connectivity index (χ2v) is 6.94. The summed E-state index contributed by atoms with van der Waals surface area (Å²) in [5.74, 6) is -0.00658. The number of benzene rings is 1. The molecule has 0 aliphatic heterocycles. The van der Waals surface area contributed by atoms with Crippen molar-refractivity contribution in [3.8, 4) is 0 Å². The van der Waals surface area contributed by atoms with Gasteiger partial charge in [-0.15, -0.1) is 0 Å². The zero-order chi connectivity index (χ0) is 15.3. The van der Waals surface area contributed by atoms with Crippen LogP contribution < -0.4 is 15.2 Å². The molecule has 20 heavy (non-hydrogen) atoms. The molecule has 0 heterocycles. The summed E-state index contributed by atoms with van der Waals surface area (Å²) in [6.45, 7) is 4.10. The predicted molar refractivity (Wildman–Crippen MR) is 82.0 cm³/mol. The average Bonchev–Trinajstić information content (AvgIpc) is 2.37. The van der Waals surface area contributed by atoms with Gasteiger partial charge in [0.1, 0.15) is 0 Å². The quantitative estimate of drug-likeness (QED) is 0.264. The van der Waals surface area contributed by atoms with Gasteiger partial charge in [-0.1, -0.05) is 34.9 Å². The summed E-state index contributed by atoms with van der Waals surface area (Å²) in [6, 6.07) is 4.72. The summed E-state index contributed by atoms with van der Waals surface area (Å²) in [6.07, 6.45) is 0. The molecule has 0 unspecified atom stereocenters. The van der Waals surface area contributed by atoms with Crippen molar-refractivity contribution >= 4 is 37.7 Å².